The van der Waals surface area contributed by atoms with Gasteiger partial charge in [0.1, 0.15) is 11.2 Å². The highest BCUT2D eigenvalue weighted by Gasteiger charge is 2.17. The summed E-state index contributed by atoms with van der Waals surface area (Å²) in [6, 6.07) is 79.8. The van der Waals surface area contributed by atoms with E-state index >= 15 is 0 Å². The largest absolute Gasteiger partial charge is 0.455 e. The molecule has 0 spiro atoms. The van der Waals surface area contributed by atoms with E-state index in [1.165, 1.54) is 38.9 Å². The first kappa shape index (κ1) is 33.2. The molecule has 1 heterocycles. The lowest BCUT2D eigenvalue weighted by Crippen LogP contribution is -2.09. The summed E-state index contributed by atoms with van der Waals surface area (Å²) in [6.45, 7) is 0. The molecule has 9 aromatic carbocycles. The molecule has 0 radical (unpaired) electrons. The van der Waals surface area contributed by atoms with Gasteiger partial charge < -0.3 is 9.32 Å². The molecule has 0 aliphatic carbocycles. The highest BCUT2D eigenvalue weighted by atomic mass is 16.3. The van der Waals surface area contributed by atoms with E-state index in [0.717, 1.165) is 55.7 Å². The van der Waals surface area contributed by atoms with Crippen LogP contribution in [0.2, 0.25) is 0 Å². The van der Waals surface area contributed by atoms with Gasteiger partial charge in [0.15, 0.2) is 0 Å². The number of anilines is 3. The van der Waals surface area contributed by atoms with E-state index in [0.29, 0.717) is 0 Å². The molecule has 0 unspecified atom stereocenters. The first-order chi connectivity index (χ1) is 27.8. The topological polar surface area (TPSA) is 16.4 Å². The summed E-state index contributed by atoms with van der Waals surface area (Å²) in [7, 11) is 0. The SMILES string of the molecule is c1ccc(-c2ccc(N(c3ccc(-c4ccccc4)cc3)c3ccc(-c4ccc(-c5cccc6oc7c(-c8ccccc8)cccc7c56)cc4)cc3)cc2)cc1. The first-order valence-electron chi connectivity index (χ1n) is 19.1. The van der Waals surface area contributed by atoms with E-state index in [2.05, 4.69) is 223 Å². The zero-order valence-corrected chi connectivity index (χ0v) is 30.7. The van der Waals surface area contributed by atoms with Crippen molar-refractivity contribution in [3.8, 4) is 55.6 Å². The molecule has 0 N–H and O–H groups in total. The van der Waals surface area contributed by atoms with Crippen molar-refractivity contribution in [3.63, 3.8) is 0 Å². The standard InChI is InChI=1S/C54H37NO/c1-4-12-38(13-5-1)41-26-32-46(33-27-41)55(47-34-28-42(29-35-47)39-14-6-2-7-15-39)48-36-30-43(31-37-48)40-22-24-45(25-23-40)49-18-11-21-52-53(49)51-20-10-19-50(54(51)56-52)44-16-8-3-9-17-44/h1-37H. The molecule has 0 amide bonds. The minimum absolute atomic E-state index is 0.898. The maximum atomic E-state index is 6.54. The van der Waals surface area contributed by atoms with Crippen molar-refractivity contribution in [1.29, 1.82) is 0 Å². The maximum absolute atomic E-state index is 6.54. The summed E-state index contributed by atoms with van der Waals surface area (Å²) < 4.78 is 6.54. The second-order valence-corrected chi connectivity index (χ2v) is 14.1. The lowest BCUT2D eigenvalue weighted by molar-refractivity contribution is 0.670. The fourth-order valence-electron chi connectivity index (χ4n) is 7.89. The summed E-state index contributed by atoms with van der Waals surface area (Å²) in [4.78, 5) is 2.33. The van der Waals surface area contributed by atoms with Crippen LogP contribution in [0.5, 0.6) is 0 Å². The zero-order chi connectivity index (χ0) is 37.3. The van der Waals surface area contributed by atoms with E-state index in [1.54, 1.807) is 0 Å². The molecule has 0 atom stereocenters. The van der Waals surface area contributed by atoms with Gasteiger partial charge in [-0.15, -0.1) is 0 Å². The lowest BCUT2D eigenvalue weighted by atomic mass is 9.96. The van der Waals surface area contributed by atoms with Crippen LogP contribution in [-0.2, 0) is 0 Å². The van der Waals surface area contributed by atoms with Gasteiger partial charge in [0.25, 0.3) is 0 Å². The Hall–Kier alpha value is -7.42. The summed E-state index contributed by atoms with van der Waals surface area (Å²) in [5.74, 6) is 0. The monoisotopic (exact) mass is 715 g/mol. The quantitative estimate of drug-likeness (QED) is 0.156. The number of fused-ring (bicyclic) bond motifs is 3. The Labute approximate surface area is 327 Å². The van der Waals surface area contributed by atoms with E-state index in [-0.39, 0.29) is 0 Å². The van der Waals surface area contributed by atoms with Crippen LogP contribution in [0.1, 0.15) is 0 Å². The minimum Gasteiger partial charge on any atom is -0.455 e. The second-order valence-electron chi connectivity index (χ2n) is 14.1. The van der Waals surface area contributed by atoms with Crippen LogP contribution in [0, 0.1) is 0 Å². The van der Waals surface area contributed by atoms with Gasteiger partial charge in [-0.2, -0.15) is 0 Å². The molecule has 56 heavy (non-hydrogen) atoms. The Bertz CT molecular complexity index is 2810. The van der Waals surface area contributed by atoms with E-state index < -0.39 is 0 Å². The fraction of sp³-hybridized carbons (Fsp3) is 0. The minimum atomic E-state index is 0.898. The first-order valence-corrected chi connectivity index (χ1v) is 19.1. The van der Waals surface area contributed by atoms with Gasteiger partial charge in [-0.3, -0.25) is 0 Å². The number of benzene rings is 9. The van der Waals surface area contributed by atoms with Crippen molar-refractivity contribution < 1.29 is 4.42 Å². The number of furan rings is 1. The van der Waals surface area contributed by atoms with Crippen LogP contribution in [0.25, 0.3) is 77.6 Å². The average Bonchev–Trinajstić information content (AvgIpc) is 3.68. The Morgan fingerprint density at radius 2 is 0.625 bits per heavy atom. The number of hydrogen-bond donors (Lipinski definition) is 0. The second kappa shape index (κ2) is 14.4. The van der Waals surface area contributed by atoms with Gasteiger partial charge in [0.05, 0.1) is 0 Å². The third kappa shape index (κ3) is 6.24. The van der Waals surface area contributed by atoms with Crippen LogP contribution in [0.3, 0.4) is 0 Å². The maximum Gasteiger partial charge on any atom is 0.143 e. The molecule has 264 valence electrons. The van der Waals surface area contributed by atoms with Crippen LogP contribution in [0.4, 0.5) is 17.1 Å². The molecule has 0 fully saturated rings. The van der Waals surface area contributed by atoms with Gasteiger partial charge in [-0.1, -0.05) is 182 Å². The number of hydrogen-bond acceptors (Lipinski definition) is 2. The van der Waals surface area contributed by atoms with Crippen LogP contribution >= 0.6 is 0 Å². The van der Waals surface area contributed by atoms with Crippen LogP contribution in [0.15, 0.2) is 229 Å². The number of rotatable bonds is 8. The summed E-state index contributed by atoms with van der Waals surface area (Å²) in [5, 5.41) is 2.27. The summed E-state index contributed by atoms with van der Waals surface area (Å²) in [6.07, 6.45) is 0. The normalized spacial score (nSPS) is 11.2. The van der Waals surface area contributed by atoms with Gasteiger partial charge in [0, 0.05) is 33.4 Å². The van der Waals surface area contributed by atoms with Crippen molar-refractivity contribution in [2.45, 2.75) is 0 Å². The van der Waals surface area contributed by atoms with Crippen LogP contribution < -0.4 is 4.90 Å². The highest BCUT2D eigenvalue weighted by Crippen LogP contribution is 2.42. The molecule has 0 aliphatic rings. The number of nitrogens with zero attached hydrogens (tertiary/aromatic N) is 1. The Kier molecular flexibility index (Phi) is 8.55. The molecule has 2 nitrogen and oxygen atoms in total. The van der Waals surface area contributed by atoms with E-state index in [4.69, 9.17) is 4.42 Å². The van der Waals surface area contributed by atoms with Gasteiger partial charge in [-0.05, 0) is 92.5 Å². The average molecular weight is 716 g/mol. The highest BCUT2D eigenvalue weighted by molar-refractivity contribution is 6.15. The Morgan fingerprint density at radius 3 is 1.11 bits per heavy atom. The molecule has 2 heteroatoms. The van der Waals surface area contributed by atoms with E-state index in [1.807, 2.05) is 6.07 Å². The van der Waals surface area contributed by atoms with Gasteiger partial charge in [-0.25, -0.2) is 0 Å². The van der Waals surface area contributed by atoms with Gasteiger partial charge >= 0.3 is 0 Å². The molecule has 0 bridgehead atoms. The van der Waals surface area contributed by atoms with Crippen molar-refractivity contribution in [2.24, 2.45) is 0 Å². The Balaban J connectivity index is 0.973. The predicted molar refractivity (Wildman–Crippen MR) is 236 cm³/mol. The molecule has 10 aromatic rings. The van der Waals surface area contributed by atoms with Crippen molar-refractivity contribution >= 4 is 39.0 Å². The molecule has 0 saturated carbocycles. The summed E-state index contributed by atoms with van der Waals surface area (Å²) in [5.41, 5.74) is 16.9. The summed E-state index contributed by atoms with van der Waals surface area (Å²) >= 11 is 0. The van der Waals surface area contributed by atoms with Crippen LogP contribution in [-0.4, -0.2) is 0 Å². The van der Waals surface area contributed by atoms with Gasteiger partial charge in [0.2, 0.25) is 0 Å². The smallest absolute Gasteiger partial charge is 0.143 e. The lowest BCUT2D eigenvalue weighted by Gasteiger charge is -2.26. The van der Waals surface area contributed by atoms with Crippen molar-refractivity contribution in [3.05, 3.63) is 224 Å². The fourth-order valence-corrected chi connectivity index (χ4v) is 7.89. The number of para-hydroxylation sites is 1. The Morgan fingerprint density at radius 1 is 0.268 bits per heavy atom. The van der Waals surface area contributed by atoms with Crippen molar-refractivity contribution in [2.75, 3.05) is 4.90 Å². The van der Waals surface area contributed by atoms with Crippen molar-refractivity contribution in [1.82, 2.24) is 0 Å². The third-order valence-electron chi connectivity index (χ3n) is 10.7. The third-order valence-corrected chi connectivity index (χ3v) is 10.7. The molecule has 0 saturated heterocycles. The molecule has 1 aromatic heterocycles. The van der Waals surface area contributed by atoms with E-state index in [9.17, 15) is 0 Å². The molecule has 10 rings (SSSR count). The molecular formula is C54H37NO. The molecule has 0 aliphatic heterocycles. The predicted octanol–water partition coefficient (Wildman–Crippen LogP) is 15.4. The molecular weight excluding hydrogens is 679 g/mol. The zero-order valence-electron chi connectivity index (χ0n) is 30.7.